The minimum Gasteiger partial charge on any atom is -0.385 e. The van der Waals surface area contributed by atoms with Crippen molar-refractivity contribution in [3.8, 4) is 0 Å². The number of hydrogen-bond donors (Lipinski definition) is 2. The first-order valence-corrected chi connectivity index (χ1v) is 6.09. The van der Waals surface area contributed by atoms with E-state index in [-0.39, 0.29) is 11.8 Å². The Hall–Kier alpha value is -1.62. The van der Waals surface area contributed by atoms with Gasteiger partial charge in [-0.15, -0.1) is 0 Å². The van der Waals surface area contributed by atoms with Gasteiger partial charge in [0.1, 0.15) is 5.82 Å². The fourth-order valence-corrected chi connectivity index (χ4v) is 1.52. The molecule has 0 bridgehead atoms. The van der Waals surface area contributed by atoms with Crippen LogP contribution in [0.5, 0.6) is 0 Å². The first-order valence-electron chi connectivity index (χ1n) is 6.09. The lowest BCUT2D eigenvalue weighted by atomic mass is 10.1. The molecule has 100 valence electrons. The Kier molecular flexibility index (Phi) is 5.58. The van der Waals surface area contributed by atoms with Crippen LogP contribution in [0.15, 0.2) is 12.1 Å². The average molecular weight is 251 g/mol. The quantitative estimate of drug-likeness (QED) is 0.752. The summed E-state index contributed by atoms with van der Waals surface area (Å²) in [5.41, 5.74) is 7.09. The molecular formula is C13H21N3O2. The van der Waals surface area contributed by atoms with Gasteiger partial charge in [-0.2, -0.15) is 0 Å². The molecule has 0 aliphatic carbocycles. The molecule has 1 heterocycles. The van der Waals surface area contributed by atoms with Crippen molar-refractivity contribution in [2.45, 2.75) is 26.2 Å². The number of nitrogen functional groups attached to an aromatic ring is 1. The highest BCUT2D eigenvalue weighted by atomic mass is 16.5. The molecule has 0 aliphatic rings. The minimum atomic E-state index is -0.123. The summed E-state index contributed by atoms with van der Waals surface area (Å²) >= 11 is 0. The maximum Gasteiger partial charge on any atom is 0.251 e. The smallest absolute Gasteiger partial charge is 0.251 e. The van der Waals surface area contributed by atoms with Crippen LogP contribution in [-0.2, 0) is 4.74 Å². The van der Waals surface area contributed by atoms with Gasteiger partial charge in [-0.3, -0.25) is 4.79 Å². The summed E-state index contributed by atoms with van der Waals surface area (Å²) in [5, 5.41) is 2.82. The van der Waals surface area contributed by atoms with E-state index in [0.717, 1.165) is 12.1 Å². The number of carbonyl (C=O) groups is 1. The van der Waals surface area contributed by atoms with Crippen LogP contribution in [0.4, 0.5) is 5.82 Å². The summed E-state index contributed by atoms with van der Waals surface area (Å²) in [5.74, 6) is 0.499. The highest BCUT2D eigenvalue weighted by molar-refractivity contribution is 5.94. The molecule has 1 aromatic heterocycles. The van der Waals surface area contributed by atoms with E-state index in [2.05, 4.69) is 10.3 Å². The second-order valence-corrected chi connectivity index (χ2v) is 4.46. The van der Waals surface area contributed by atoms with E-state index in [0.29, 0.717) is 24.5 Å². The molecule has 0 fully saturated rings. The number of amides is 1. The largest absolute Gasteiger partial charge is 0.385 e. The number of aromatic nitrogens is 1. The van der Waals surface area contributed by atoms with E-state index in [1.165, 1.54) is 0 Å². The number of nitrogens with two attached hydrogens (primary N) is 1. The maximum absolute atomic E-state index is 11.9. The van der Waals surface area contributed by atoms with Crippen molar-refractivity contribution in [3.05, 3.63) is 23.4 Å². The van der Waals surface area contributed by atoms with Crippen LogP contribution in [-0.4, -0.2) is 31.2 Å². The Labute approximate surface area is 108 Å². The Morgan fingerprint density at radius 1 is 1.50 bits per heavy atom. The van der Waals surface area contributed by atoms with Crippen molar-refractivity contribution in [2.75, 3.05) is 26.0 Å². The van der Waals surface area contributed by atoms with Crippen molar-refractivity contribution in [1.29, 1.82) is 0 Å². The molecule has 0 radical (unpaired) electrons. The van der Waals surface area contributed by atoms with Gasteiger partial charge in [0.25, 0.3) is 5.91 Å². The number of nitrogens with one attached hydrogen (secondary N) is 1. The van der Waals surface area contributed by atoms with E-state index >= 15 is 0 Å². The van der Waals surface area contributed by atoms with Gasteiger partial charge in [-0.1, -0.05) is 13.8 Å². The van der Waals surface area contributed by atoms with Gasteiger partial charge in [0.2, 0.25) is 0 Å². The van der Waals surface area contributed by atoms with Gasteiger partial charge in [0.05, 0.1) is 0 Å². The third kappa shape index (κ3) is 4.33. The molecule has 0 unspecified atom stereocenters. The summed E-state index contributed by atoms with van der Waals surface area (Å²) < 4.78 is 4.92. The number of hydrogen-bond acceptors (Lipinski definition) is 4. The van der Waals surface area contributed by atoms with E-state index in [1.807, 2.05) is 13.8 Å². The summed E-state index contributed by atoms with van der Waals surface area (Å²) in [6, 6.07) is 3.38. The second kappa shape index (κ2) is 6.96. The molecule has 1 aromatic rings. The number of methoxy groups -OCH3 is 1. The molecule has 1 rings (SSSR count). The molecule has 5 heteroatoms. The summed E-state index contributed by atoms with van der Waals surface area (Å²) in [6.45, 7) is 5.26. The molecule has 0 aliphatic heterocycles. The zero-order valence-corrected chi connectivity index (χ0v) is 11.2. The lowest BCUT2D eigenvalue weighted by molar-refractivity contribution is 0.0948. The normalized spacial score (nSPS) is 10.7. The number of rotatable bonds is 6. The molecule has 0 saturated carbocycles. The van der Waals surface area contributed by atoms with Crippen LogP contribution in [0.2, 0.25) is 0 Å². The number of pyridine rings is 1. The molecule has 0 saturated heterocycles. The molecule has 3 N–H and O–H groups in total. The molecular weight excluding hydrogens is 230 g/mol. The van der Waals surface area contributed by atoms with E-state index < -0.39 is 0 Å². The van der Waals surface area contributed by atoms with Gasteiger partial charge in [-0.25, -0.2) is 4.98 Å². The van der Waals surface area contributed by atoms with Gasteiger partial charge >= 0.3 is 0 Å². The molecule has 5 nitrogen and oxygen atoms in total. The van der Waals surface area contributed by atoms with Crippen LogP contribution in [0, 0.1) is 0 Å². The Balaban J connectivity index is 2.67. The Morgan fingerprint density at radius 3 is 2.83 bits per heavy atom. The number of nitrogens with zero attached hydrogens (tertiary/aromatic N) is 1. The van der Waals surface area contributed by atoms with Crippen molar-refractivity contribution in [3.63, 3.8) is 0 Å². The van der Waals surface area contributed by atoms with Crippen LogP contribution in [0.3, 0.4) is 0 Å². The average Bonchev–Trinajstić information content (AvgIpc) is 2.33. The maximum atomic E-state index is 11.9. The first kappa shape index (κ1) is 14.4. The SMILES string of the molecule is COCCCNC(=O)c1cc(N)nc(C(C)C)c1. The molecule has 0 spiro atoms. The van der Waals surface area contributed by atoms with Gasteiger partial charge in [0.15, 0.2) is 0 Å². The van der Waals surface area contributed by atoms with Crippen molar-refractivity contribution >= 4 is 11.7 Å². The van der Waals surface area contributed by atoms with Crippen LogP contribution < -0.4 is 11.1 Å². The van der Waals surface area contributed by atoms with Gasteiger partial charge in [-0.05, 0) is 24.5 Å². The third-order valence-corrected chi connectivity index (χ3v) is 2.53. The molecule has 0 aromatic carbocycles. The van der Waals surface area contributed by atoms with Crippen LogP contribution in [0.1, 0.15) is 42.2 Å². The van der Waals surface area contributed by atoms with Crippen molar-refractivity contribution < 1.29 is 9.53 Å². The number of carbonyl (C=O) groups excluding carboxylic acids is 1. The predicted molar refractivity (Wildman–Crippen MR) is 71.6 cm³/mol. The molecule has 18 heavy (non-hydrogen) atoms. The molecule has 0 atom stereocenters. The summed E-state index contributed by atoms with van der Waals surface area (Å²) in [7, 11) is 1.64. The van der Waals surface area contributed by atoms with Crippen molar-refractivity contribution in [1.82, 2.24) is 10.3 Å². The number of anilines is 1. The fraction of sp³-hybridized carbons (Fsp3) is 0.538. The van der Waals surface area contributed by atoms with Gasteiger partial charge < -0.3 is 15.8 Å². The van der Waals surface area contributed by atoms with E-state index in [9.17, 15) is 4.79 Å². The van der Waals surface area contributed by atoms with Crippen LogP contribution >= 0.6 is 0 Å². The van der Waals surface area contributed by atoms with Crippen LogP contribution in [0.25, 0.3) is 0 Å². The first-order chi connectivity index (χ1) is 8.54. The summed E-state index contributed by atoms with van der Waals surface area (Å²) in [6.07, 6.45) is 0.792. The monoisotopic (exact) mass is 251 g/mol. The lowest BCUT2D eigenvalue weighted by Crippen LogP contribution is -2.25. The van der Waals surface area contributed by atoms with Gasteiger partial charge in [0, 0.05) is 31.5 Å². The topological polar surface area (TPSA) is 77.2 Å². The fourth-order valence-electron chi connectivity index (χ4n) is 1.52. The minimum absolute atomic E-state index is 0.123. The highest BCUT2D eigenvalue weighted by Crippen LogP contribution is 2.15. The lowest BCUT2D eigenvalue weighted by Gasteiger charge is -2.09. The Bertz CT molecular complexity index is 405. The standard InChI is InChI=1S/C13H21N3O2/c1-9(2)11-7-10(8-12(14)16-11)13(17)15-5-4-6-18-3/h7-9H,4-6H2,1-3H3,(H2,14,16)(H,15,17). The zero-order chi connectivity index (χ0) is 13.5. The Morgan fingerprint density at radius 2 is 2.22 bits per heavy atom. The zero-order valence-electron chi connectivity index (χ0n) is 11.2. The summed E-state index contributed by atoms with van der Waals surface area (Å²) in [4.78, 5) is 16.1. The van der Waals surface area contributed by atoms with E-state index in [4.69, 9.17) is 10.5 Å². The third-order valence-electron chi connectivity index (χ3n) is 2.53. The second-order valence-electron chi connectivity index (χ2n) is 4.46. The molecule has 1 amide bonds. The highest BCUT2D eigenvalue weighted by Gasteiger charge is 2.10. The predicted octanol–water partition coefficient (Wildman–Crippen LogP) is 1.55. The number of ether oxygens (including phenoxy) is 1. The van der Waals surface area contributed by atoms with E-state index in [1.54, 1.807) is 19.2 Å². The van der Waals surface area contributed by atoms with Crippen molar-refractivity contribution in [2.24, 2.45) is 0 Å².